The average molecular weight is 414 g/mol. The predicted octanol–water partition coefficient (Wildman–Crippen LogP) is -1.18. The molecule has 6 N–H and O–H groups in total. The zero-order valence-electron chi connectivity index (χ0n) is 16.9. The standard InChI is InChI=1S/C18H30N4O7/c1-9(2)7-13(18(28)29)22-17(27)12(8-14(23)24)21-15(25)10(3)20-16(26)11-5-4-6-19-11/h9-13,19H,4-8H2,1-3H3,(H,20,26)(H,21,25)(H,22,27)(H,23,24)(H,28,29). The first-order chi connectivity index (χ1) is 13.5. The molecular weight excluding hydrogens is 384 g/mol. The Morgan fingerprint density at radius 3 is 2.07 bits per heavy atom. The van der Waals surface area contributed by atoms with E-state index in [2.05, 4.69) is 21.3 Å². The van der Waals surface area contributed by atoms with Crippen molar-refractivity contribution in [2.75, 3.05) is 6.54 Å². The largest absolute Gasteiger partial charge is 0.481 e. The van der Waals surface area contributed by atoms with E-state index in [9.17, 15) is 29.1 Å². The second-order valence-corrected chi connectivity index (χ2v) is 7.57. The summed E-state index contributed by atoms with van der Waals surface area (Å²) in [6, 6.07) is -4.07. The molecule has 1 saturated heterocycles. The molecule has 1 rings (SSSR count). The van der Waals surface area contributed by atoms with Gasteiger partial charge in [-0.1, -0.05) is 13.8 Å². The molecule has 3 amide bonds. The van der Waals surface area contributed by atoms with Crippen molar-refractivity contribution in [1.29, 1.82) is 0 Å². The maximum absolute atomic E-state index is 12.4. The summed E-state index contributed by atoms with van der Waals surface area (Å²) in [6.45, 7) is 5.68. The molecule has 0 aliphatic carbocycles. The van der Waals surface area contributed by atoms with Crippen LogP contribution in [0, 0.1) is 5.92 Å². The van der Waals surface area contributed by atoms with Gasteiger partial charge >= 0.3 is 11.9 Å². The molecule has 0 radical (unpaired) electrons. The number of amides is 3. The highest BCUT2D eigenvalue weighted by Gasteiger charge is 2.31. The number of carbonyl (C=O) groups is 5. The molecule has 1 fully saturated rings. The lowest BCUT2D eigenvalue weighted by molar-refractivity contribution is -0.144. The third kappa shape index (κ3) is 8.46. The van der Waals surface area contributed by atoms with Gasteiger partial charge in [0.2, 0.25) is 17.7 Å². The highest BCUT2D eigenvalue weighted by molar-refractivity contribution is 5.95. The summed E-state index contributed by atoms with van der Waals surface area (Å²) in [5.41, 5.74) is 0. The van der Waals surface area contributed by atoms with Crippen LogP contribution in [-0.2, 0) is 24.0 Å². The van der Waals surface area contributed by atoms with Crippen molar-refractivity contribution in [3.05, 3.63) is 0 Å². The van der Waals surface area contributed by atoms with Gasteiger partial charge in [-0.15, -0.1) is 0 Å². The molecule has 29 heavy (non-hydrogen) atoms. The highest BCUT2D eigenvalue weighted by Crippen LogP contribution is 2.07. The molecule has 4 unspecified atom stereocenters. The fourth-order valence-corrected chi connectivity index (χ4v) is 2.93. The summed E-state index contributed by atoms with van der Waals surface area (Å²) in [4.78, 5) is 59.3. The SMILES string of the molecule is CC(C)CC(NC(=O)C(CC(=O)O)NC(=O)C(C)NC(=O)C1CCCN1)C(=O)O. The summed E-state index contributed by atoms with van der Waals surface area (Å²) >= 11 is 0. The molecule has 11 nitrogen and oxygen atoms in total. The molecule has 164 valence electrons. The van der Waals surface area contributed by atoms with Crippen molar-refractivity contribution in [3.8, 4) is 0 Å². The van der Waals surface area contributed by atoms with E-state index in [1.807, 2.05) is 0 Å². The van der Waals surface area contributed by atoms with Crippen LogP contribution in [0.3, 0.4) is 0 Å². The van der Waals surface area contributed by atoms with Crippen LogP contribution in [0.25, 0.3) is 0 Å². The van der Waals surface area contributed by atoms with Gasteiger partial charge in [-0.3, -0.25) is 19.2 Å². The van der Waals surface area contributed by atoms with Crippen LogP contribution in [0.5, 0.6) is 0 Å². The van der Waals surface area contributed by atoms with E-state index in [1.54, 1.807) is 13.8 Å². The normalized spacial score (nSPS) is 19.1. The second-order valence-electron chi connectivity index (χ2n) is 7.57. The Kier molecular flexibility index (Phi) is 9.53. The number of carbonyl (C=O) groups excluding carboxylic acids is 3. The minimum atomic E-state index is -1.47. The van der Waals surface area contributed by atoms with Gasteiger partial charge in [0.05, 0.1) is 12.5 Å². The lowest BCUT2D eigenvalue weighted by Gasteiger charge is -2.23. The molecule has 0 aromatic rings. The van der Waals surface area contributed by atoms with Crippen LogP contribution in [0.4, 0.5) is 0 Å². The topological polar surface area (TPSA) is 174 Å². The maximum Gasteiger partial charge on any atom is 0.326 e. The third-order valence-corrected chi connectivity index (χ3v) is 4.46. The number of carboxylic acid groups (broad SMARTS) is 2. The fraction of sp³-hybridized carbons (Fsp3) is 0.722. The Hall–Kier alpha value is -2.69. The van der Waals surface area contributed by atoms with Gasteiger partial charge in [0.1, 0.15) is 18.1 Å². The Balaban J connectivity index is 2.73. The molecule has 0 aromatic heterocycles. The Morgan fingerprint density at radius 1 is 0.966 bits per heavy atom. The Bertz CT molecular complexity index is 632. The molecule has 11 heteroatoms. The molecular formula is C18H30N4O7. The van der Waals surface area contributed by atoms with E-state index in [0.717, 1.165) is 6.42 Å². The molecule has 1 aliphatic heterocycles. The van der Waals surface area contributed by atoms with Crippen molar-refractivity contribution >= 4 is 29.7 Å². The van der Waals surface area contributed by atoms with Gasteiger partial charge in [-0.2, -0.15) is 0 Å². The number of rotatable bonds is 11. The minimum Gasteiger partial charge on any atom is -0.481 e. The maximum atomic E-state index is 12.4. The van der Waals surface area contributed by atoms with Crippen molar-refractivity contribution in [2.45, 2.75) is 70.6 Å². The van der Waals surface area contributed by atoms with Crippen LogP contribution in [-0.4, -0.2) is 70.6 Å². The summed E-state index contributed by atoms with van der Waals surface area (Å²) in [5, 5.41) is 28.3. The van der Waals surface area contributed by atoms with Crippen LogP contribution in [0.2, 0.25) is 0 Å². The van der Waals surface area contributed by atoms with E-state index >= 15 is 0 Å². The molecule has 1 heterocycles. The zero-order valence-corrected chi connectivity index (χ0v) is 16.9. The van der Waals surface area contributed by atoms with E-state index in [-0.39, 0.29) is 18.2 Å². The first-order valence-electron chi connectivity index (χ1n) is 9.60. The summed E-state index contributed by atoms with van der Waals surface area (Å²) < 4.78 is 0. The van der Waals surface area contributed by atoms with E-state index in [4.69, 9.17) is 5.11 Å². The van der Waals surface area contributed by atoms with Crippen LogP contribution >= 0.6 is 0 Å². The van der Waals surface area contributed by atoms with E-state index in [0.29, 0.717) is 13.0 Å². The van der Waals surface area contributed by atoms with Gasteiger partial charge in [0.15, 0.2) is 0 Å². The van der Waals surface area contributed by atoms with E-state index < -0.39 is 54.3 Å². The first-order valence-corrected chi connectivity index (χ1v) is 9.60. The molecule has 0 saturated carbocycles. The van der Waals surface area contributed by atoms with Gasteiger partial charge in [-0.05, 0) is 38.6 Å². The van der Waals surface area contributed by atoms with Gasteiger partial charge in [0.25, 0.3) is 0 Å². The third-order valence-electron chi connectivity index (χ3n) is 4.46. The zero-order chi connectivity index (χ0) is 22.1. The second kappa shape index (κ2) is 11.3. The van der Waals surface area contributed by atoms with Gasteiger partial charge < -0.3 is 31.5 Å². The fourth-order valence-electron chi connectivity index (χ4n) is 2.93. The number of carboxylic acids is 2. The van der Waals surface area contributed by atoms with Crippen molar-refractivity contribution in [3.63, 3.8) is 0 Å². The van der Waals surface area contributed by atoms with Crippen molar-refractivity contribution in [1.82, 2.24) is 21.3 Å². The molecule has 0 aromatic carbocycles. The van der Waals surface area contributed by atoms with Gasteiger partial charge in [-0.25, -0.2) is 4.79 Å². The van der Waals surface area contributed by atoms with Crippen LogP contribution in [0.15, 0.2) is 0 Å². The minimum absolute atomic E-state index is 0.0247. The van der Waals surface area contributed by atoms with Crippen LogP contribution < -0.4 is 21.3 Å². The number of hydrogen-bond donors (Lipinski definition) is 6. The first kappa shape index (κ1) is 24.3. The summed E-state index contributed by atoms with van der Waals surface area (Å²) in [5.74, 6) is -4.63. The quantitative estimate of drug-likeness (QED) is 0.245. The van der Waals surface area contributed by atoms with Crippen molar-refractivity contribution < 1.29 is 34.2 Å². The predicted molar refractivity (Wildman–Crippen MR) is 102 cm³/mol. The monoisotopic (exact) mass is 414 g/mol. The number of aliphatic carboxylic acids is 2. The number of nitrogens with one attached hydrogen (secondary N) is 4. The lowest BCUT2D eigenvalue weighted by Crippen LogP contribution is -2.56. The Labute approximate surface area is 169 Å². The summed E-state index contributed by atoms with van der Waals surface area (Å²) in [7, 11) is 0. The van der Waals surface area contributed by atoms with Gasteiger partial charge in [0, 0.05) is 0 Å². The average Bonchev–Trinajstić information content (AvgIpc) is 3.14. The molecule has 0 spiro atoms. The smallest absolute Gasteiger partial charge is 0.326 e. The van der Waals surface area contributed by atoms with Crippen LogP contribution in [0.1, 0.15) is 46.5 Å². The molecule has 4 atom stereocenters. The number of hydrogen-bond acceptors (Lipinski definition) is 6. The highest BCUT2D eigenvalue weighted by atomic mass is 16.4. The summed E-state index contributed by atoms with van der Waals surface area (Å²) in [6.07, 6.45) is 0.920. The molecule has 0 bridgehead atoms. The van der Waals surface area contributed by atoms with Crippen molar-refractivity contribution in [2.24, 2.45) is 5.92 Å². The van der Waals surface area contributed by atoms with E-state index in [1.165, 1.54) is 6.92 Å². The Morgan fingerprint density at radius 2 is 1.59 bits per heavy atom. The molecule has 1 aliphatic rings. The lowest BCUT2D eigenvalue weighted by atomic mass is 10.0.